The molecule has 0 bridgehead atoms. The summed E-state index contributed by atoms with van der Waals surface area (Å²) in [4.78, 5) is 34.9. The second-order valence-corrected chi connectivity index (χ2v) is 7.88. The van der Waals surface area contributed by atoms with Crippen molar-refractivity contribution < 1.29 is 14.3 Å². The third-order valence-electron chi connectivity index (χ3n) is 5.21. The van der Waals surface area contributed by atoms with Crippen LogP contribution in [0.15, 0.2) is 36.7 Å². The summed E-state index contributed by atoms with van der Waals surface area (Å²) in [6.07, 6.45) is 3.80. The summed E-state index contributed by atoms with van der Waals surface area (Å²) >= 11 is 6.07. The molecule has 3 aromatic heterocycles. The maximum atomic E-state index is 12.5. The van der Waals surface area contributed by atoms with Crippen molar-refractivity contribution in [3.8, 4) is 11.4 Å². The number of ether oxygens (including phenoxy) is 1. The molecule has 172 valence electrons. The minimum absolute atomic E-state index is 0.144. The van der Waals surface area contributed by atoms with Gasteiger partial charge < -0.3 is 15.0 Å². The molecule has 33 heavy (non-hydrogen) atoms. The number of hydrogen-bond acceptors (Lipinski definition) is 7. The summed E-state index contributed by atoms with van der Waals surface area (Å²) in [5.74, 6) is 0.311. The number of amides is 3. The van der Waals surface area contributed by atoms with Crippen LogP contribution in [0.5, 0.6) is 0 Å². The van der Waals surface area contributed by atoms with Crippen LogP contribution < -0.4 is 10.6 Å². The molecule has 3 aromatic rings. The zero-order chi connectivity index (χ0) is 23.4. The van der Waals surface area contributed by atoms with Gasteiger partial charge in [0.05, 0.1) is 17.6 Å². The summed E-state index contributed by atoms with van der Waals surface area (Å²) in [6.45, 7) is 3.21. The molecule has 0 saturated carbocycles. The van der Waals surface area contributed by atoms with Crippen molar-refractivity contribution in [1.82, 2.24) is 29.9 Å². The Kier molecular flexibility index (Phi) is 6.68. The molecule has 11 nitrogen and oxygen atoms in total. The molecule has 1 fully saturated rings. The highest BCUT2D eigenvalue weighted by atomic mass is 35.5. The fraction of sp³-hybridized carbons (Fsp3) is 0.333. The lowest BCUT2D eigenvalue weighted by Gasteiger charge is -2.16. The Morgan fingerprint density at radius 3 is 2.64 bits per heavy atom. The van der Waals surface area contributed by atoms with E-state index in [9.17, 15) is 9.59 Å². The van der Waals surface area contributed by atoms with Crippen LogP contribution in [0.2, 0.25) is 5.15 Å². The van der Waals surface area contributed by atoms with E-state index in [1.165, 1.54) is 10.9 Å². The van der Waals surface area contributed by atoms with E-state index in [1.54, 1.807) is 49.3 Å². The molecule has 0 radical (unpaired) electrons. The third-order valence-corrected chi connectivity index (χ3v) is 5.52. The smallest absolute Gasteiger partial charge is 0.413 e. The Morgan fingerprint density at radius 2 is 1.94 bits per heavy atom. The molecule has 4 heterocycles. The van der Waals surface area contributed by atoms with E-state index in [1.807, 2.05) is 0 Å². The number of likely N-dealkylation sites (tertiary alicyclic amines) is 1. The molecule has 3 amide bonds. The summed E-state index contributed by atoms with van der Waals surface area (Å²) < 4.78 is 6.84. The number of aromatic nitrogens is 5. The molecular formula is C21H23ClN8O3. The Labute approximate surface area is 195 Å². The van der Waals surface area contributed by atoms with Crippen LogP contribution in [-0.2, 0) is 11.8 Å². The topological polar surface area (TPSA) is 127 Å². The van der Waals surface area contributed by atoms with Crippen molar-refractivity contribution in [3.63, 3.8) is 0 Å². The van der Waals surface area contributed by atoms with Gasteiger partial charge in [-0.05, 0) is 38.0 Å². The zero-order valence-corrected chi connectivity index (χ0v) is 18.9. The quantitative estimate of drug-likeness (QED) is 0.542. The van der Waals surface area contributed by atoms with Crippen LogP contribution in [0.3, 0.4) is 0 Å². The van der Waals surface area contributed by atoms with Crippen molar-refractivity contribution in [1.29, 1.82) is 0 Å². The first kappa shape index (κ1) is 22.5. The molecule has 1 aliphatic rings. The lowest BCUT2D eigenvalue weighted by atomic mass is 10.2. The molecule has 12 heteroatoms. The Bertz CT molecular complexity index is 1140. The van der Waals surface area contributed by atoms with Gasteiger partial charge in [0.1, 0.15) is 11.3 Å². The summed E-state index contributed by atoms with van der Waals surface area (Å²) in [6, 6.07) is 6.72. The van der Waals surface area contributed by atoms with Crippen LogP contribution in [0, 0.1) is 0 Å². The maximum Gasteiger partial charge on any atom is 0.413 e. The van der Waals surface area contributed by atoms with Gasteiger partial charge in [0.2, 0.25) is 0 Å². The number of anilines is 2. The van der Waals surface area contributed by atoms with Crippen molar-refractivity contribution in [2.24, 2.45) is 7.05 Å². The molecule has 1 aliphatic heterocycles. The maximum absolute atomic E-state index is 12.5. The van der Waals surface area contributed by atoms with Crippen molar-refractivity contribution in [3.05, 3.63) is 47.4 Å². The number of halogens is 1. The van der Waals surface area contributed by atoms with E-state index in [0.717, 1.165) is 25.9 Å². The van der Waals surface area contributed by atoms with Gasteiger partial charge in [-0.2, -0.15) is 0 Å². The second kappa shape index (κ2) is 9.82. The van der Waals surface area contributed by atoms with E-state index in [2.05, 4.69) is 30.9 Å². The van der Waals surface area contributed by atoms with Crippen molar-refractivity contribution in [2.75, 3.05) is 23.7 Å². The van der Waals surface area contributed by atoms with Crippen LogP contribution in [0.1, 0.15) is 31.4 Å². The fourth-order valence-electron chi connectivity index (χ4n) is 3.45. The number of urea groups is 1. The molecular weight excluding hydrogens is 448 g/mol. The van der Waals surface area contributed by atoms with Crippen LogP contribution in [0.25, 0.3) is 11.4 Å². The fourth-order valence-corrected chi connectivity index (χ4v) is 3.73. The Hall–Kier alpha value is -3.73. The number of carbonyl (C=O) groups is 2. The van der Waals surface area contributed by atoms with E-state index in [-0.39, 0.29) is 11.2 Å². The van der Waals surface area contributed by atoms with E-state index in [4.69, 9.17) is 16.3 Å². The highest BCUT2D eigenvalue weighted by Gasteiger charge is 2.21. The van der Waals surface area contributed by atoms with Gasteiger partial charge in [0, 0.05) is 31.9 Å². The molecule has 0 unspecified atom stereocenters. The Balaban J connectivity index is 1.43. The highest BCUT2D eigenvalue weighted by molar-refractivity contribution is 6.30. The number of carbonyl (C=O) groups excluding carboxylic acids is 2. The summed E-state index contributed by atoms with van der Waals surface area (Å²) in [7, 11) is 1.64. The van der Waals surface area contributed by atoms with Gasteiger partial charge in [0.25, 0.3) is 0 Å². The standard InChI is InChI=1S/C21H23ClN8O3/c1-13(15-6-5-9-23-18(15)22)33-21(32)26-19-17(27-28-29(19)2)16-8-7-14(12-24-16)25-20(31)30-10-3-4-11-30/h5-9,12-13H,3-4,10-11H2,1-2H3,(H,25,31)(H,26,32)/t13-/m1/s1. The molecule has 1 saturated heterocycles. The first-order valence-electron chi connectivity index (χ1n) is 10.4. The normalized spacial score (nSPS) is 14.1. The average Bonchev–Trinajstić information content (AvgIpc) is 3.46. The molecule has 0 aromatic carbocycles. The molecule has 1 atom stereocenters. The predicted molar refractivity (Wildman–Crippen MR) is 122 cm³/mol. The lowest BCUT2D eigenvalue weighted by Crippen LogP contribution is -2.32. The Morgan fingerprint density at radius 1 is 1.15 bits per heavy atom. The van der Waals surface area contributed by atoms with Crippen molar-refractivity contribution >= 4 is 35.2 Å². The van der Waals surface area contributed by atoms with Gasteiger partial charge in [-0.25, -0.2) is 19.3 Å². The van der Waals surface area contributed by atoms with Gasteiger partial charge in [0.15, 0.2) is 11.5 Å². The number of rotatable bonds is 5. The number of aryl methyl sites for hydroxylation is 1. The number of hydrogen-bond donors (Lipinski definition) is 2. The minimum Gasteiger partial charge on any atom is -0.441 e. The second-order valence-electron chi connectivity index (χ2n) is 7.52. The third kappa shape index (κ3) is 5.20. The van der Waals surface area contributed by atoms with Gasteiger partial charge in [-0.3, -0.25) is 10.3 Å². The lowest BCUT2D eigenvalue weighted by molar-refractivity contribution is 0.121. The summed E-state index contributed by atoms with van der Waals surface area (Å²) in [5.41, 5.74) is 1.99. The highest BCUT2D eigenvalue weighted by Crippen LogP contribution is 2.27. The van der Waals surface area contributed by atoms with Crippen LogP contribution in [-0.4, -0.2) is 55.1 Å². The first-order valence-corrected chi connectivity index (χ1v) is 10.8. The number of nitrogens with one attached hydrogen (secondary N) is 2. The van der Waals surface area contributed by atoms with E-state index >= 15 is 0 Å². The zero-order valence-electron chi connectivity index (χ0n) is 18.2. The number of pyridine rings is 2. The van der Waals surface area contributed by atoms with Gasteiger partial charge in [-0.15, -0.1) is 5.10 Å². The SMILES string of the molecule is C[C@@H](OC(=O)Nc1c(-c2ccc(NC(=O)N3CCCC3)cn2)nnn1C)c1cccnc1Cl. The molecule has 0 spiro atoms. The number of nitrogens with zero attached hydrogens (tertiary/aromatic N) is 6. The van der Waals surface area contributed by atoms with E-state index in [0.29, 0.717) is 28.5 Å². The molecule has 4 rings (SSSR count). The van der Waals surface area contributed by atoms with Gasteiger partial charge >= 0.3 is 12.1 Å². The summed E-state index contributed by atoms with van der Waals surface area (Å²) in [5, 5.41) is 13.8. The van der Waals surface area contributed by atoms with E-state index < -0.39 is 12.2 Å². The first-order chi connectivity index (χ1) is 15.9. The monoisotopic (exact) mass is 470 g/mol. The largest absolute Gasteiger partial charge is 0.441 e. The minimum atomic E-state index is -0.705. The molecule has 0 aliphatic carbocycles. The van der Waals surface area contributed by atoms with Crippen molar-refractivity contribution in [2.45, 2.75) is 25.9 Å². The van der Waals surface area contributed by atoms with Crippen LogP contribution in [0.4, 0.5) is 21.1 Å². The predicted octanol–water partition coefficient (Wildman–Crippen LogP) is 3.86. The average molecular weight is 471 g/mol. The van der Waals surface area contributed by atoms with Gasteiger partial charge in [-0.1, -0.05) is 22.9 Å². The molecule has 2 N–H and O–H groups in total. The van der Waals surface area contributed by atoms with Crippen LogP contribution >= 0.6 is 11.6 Å².